The van der Waals surface area contributed by atoms with Crippen molar-refractivity contribution in [1.82, 2.24) is 14.6 Å². The molecule has 0 amide bonds. The lowest BCUT2D eigenvalue weighted by molar-refractivity contribution is 0.480. The minimum atomic E-state index is -3.55. The van der Waals surface area contributed by atoms with Gasteiger partial charge in [0.25, 0.3) is 5.88 Å². The molecule has 0 radical (unpaired) electrons. The summed E-state index contributed by atoms with van der Waals surface area (Å²) in [7, 11) is -3.55. The van der Waals surface area contributed by atoms with Crippen molar-refractivity contribution in [3.05, 3.63) is 23.5 Å². The molecule has 0 aliphatic heterocycles. The van der Waals surface area contributed by atoms with Crippen molar-refractivity contribution < 1.29 is 12.6 Å². The van der Waals surface area contributed by atoms with Gasteiger partial charge in [-0.1, -0.05) is 0 Å². The molecule has 0 saturated carbocycles. The van der Waals surface area contributed by atoms with Gasteiger partial charge in [-0.3, -0.25) is 0 Å². The maximum absolute atomic E-state index is 10.9. The minimum Gasteiger partial charge on any atom is -0.360 e. The summed E-state index contributed by atoms with van der Waals surface area (Å²) in [6, 6.07) is 3.34. The molecule has 7 heteroatoms. The van der Waals surface area contributed by atoms with Gasteiger partial charge in [-0.25, -0.2) is 9.50 Å². The summed E-state index contributed by atoms with van der Waals surface area (Å²) in [6.07, 6.45) is 0.975. The second-order valence-corrected chi connectivity index (χ2v) is 5.15. The van der Waals surface area contributed by atoms with E-state index in [1.807, 2.05) is 19.9 Å². The van der Waals surface area contributed by atoms with Crippen molar-refractivity contribution in [2.45, 2.75) is 13.8 Å². The van der Waals surface area contributed by atoms with Crippen LogP contribution in [-0.4, -0.2) is 29.3 Å². The van der Waals surface area contributed by atoms with Gasteiger partial charge in [0.1, 0.15) is 0 Å². The van der Waals surface area contributed by atoms with E-state index in [1.54, 1.807) is 0 Å². The summed E-state index contributed by atoms with van der Waals surface area (Å²) in [5, 5.41) is 3.99. The number of rotatable bonds is 2. The Kier molecular flexibility index (Phi) is 2.34. The number of fused-ring (bicyclic) bond motifs is 1. The van der Waals surface area contributed by atoms with Crippen molar-refractivity contribution in [2.24, 2.45) is 0 Å². The second-order valence-electron chi connectivity index (χ2n) is 3.58. The fourth-order valence-corrected chi connectivity index (χ4v) is 1.85. The highest BCUT2D eigenvalue weighted by molar-refractivity contribution is 7.86. The molecule has 86 valence electrons. The highest BCUT2D eigenvalue weighted by Gasteiger charge is 2.11. The molecule has 0 saturated heterocycles. The van der Waals surface area contributed by atoms with Gasteiger partial charge in [-0.2, -0.15) is 8.42 Å². The van der Waals surface area contributed by atoms with Crippen molar-refractivity contribution in [3.8, 4) is 5.88 Å². The lowest BCUT2D eigenvalue weighted by Gasteiger charge is -1.98. The molecule has 0 aromatic carbocycles. The van der Waals surface area contributed by atoms with Gasteiger partial charge in [0.15, 0.2) is 5.65 Å². The van der Waals surface area contributed by atoms with E-state index < -0.39 is 10.1 Å². The van der Waals surface area contributed by atoms with E-state index in [9.17, 15) is 8.42 Å². The van der Waals surface area contributed by atoms with Gasteiger partial charge >= 0.3 is 10.1 Å². The van der Waals surface area contributed by atoms with E-state index in [1.165, 1.54) is 10.6 Å². The molecule has 0 N–H and O–H groups in total. The molecule has 0 bridgehead atoms. The van der Waals surface area contributed by atoms with E-state index in [4.69, 9.17) is 0 Å². The average molecular weight is 241 g/mol. The number of hydrogen-bond donors (Lipinski definition) is 0. The maximum atomic E-state index is 10.9. The average Bonchev–Trinajstić information content (AvgIpc) is 2.43. The van der Waals surface area contributed by atoms with E-state index >= 15 is 0 Å². The van der Waals surface area contributed by atoms with Gasteiger partial charge in [-0.05, 0) is 19.9 Å². The monoisotopic (exact) mass is 241 g/mol. The molecule has 0 atom stereocenters. The number of aromatic nitrogens is 3. The van der Waals surface area contributed by atoms with E-state index in [0.29, 0.717) is 5.65 Å². The molecule has 0 aliphatic carbocycles. The van der Waals surface area contributed by atoms with Crippen molar-refractivity contribution in [2.75, 3.05) is 6.26 Å². The van der Waals surface area contributed by atoms with Gasteiger partial charge in [0, 0.05) is 17.5 Å². The Morgan fingerprint density at radius 1 is 1.31 bits per heavy atom. The molecular weight excluding hydrogens is 230 g/mol. The van der Waals surface area contributed by atoms with Gasteiger partial charge in [-0.15, -0.1) is 5.10 Å². The Morgan fingerprint density at radius 3 is 2.62 bits per heavy atom. The van der Waals surface area contributed by atoms with Crippen molar-refractivity contribution in [3.63, 3.8) is 0 Å². The zero-order valence-corrected chi connectivity index (χ0v) is 9.95. The zero-order valence-electron chi connectivity index (χ0n) is 9.13. The van der Waals surface area contributed by atoms with Gasteiger partial charge in [0.05, 0.1) is 6.26 Å². The molecule has 16 heavy (non-hydrogen) atoms. The summed E-state index contributed by atoms with van der Waals surface area (Å²) >= 11 is 0. The minimum absolute atomic E-state index is 0.0312. The highest BCUT2D eigenvalue weighted by Crippen LogP contribution is 2.15. The lowest BCUT2D eigenvalue weighted by Crippen LogP contribution is -2.06. The predicted molar refractivity (Wildman–Crippen MR) is 57.9 cm³/mol. The Morgan fingerprint density at radius 2 is 2.00 bits per heavy atom. The van der Waals surface area contributed by atoms with Crippen LogP contribution in [0.4, 0.5) is 0 Å². The van der Waals surface area contributed by atoms with Crippen molar-refractivity contribution >= 4 is 15.8 Å². The molecule has 0 spiro atoms. The summed E-state index contributed by atoms with van der Waals surface area (Å²) < 4.78 is 28.1. The molecule has 2 aromatic heterocycles. The van der Waals surface area contributed by atoms with Crippen LogP contribution in [0, 0.1) is 13.8 Å². The smallest absolute Gasteiger partial charge is 0.307 e. The van der Waals surface area contributed by atoms with Crippen LogP contribution in [0.15, 0.2) is 12.1 Å². The first-order valence-corrected chi connectivity index (χ1v) is 6.40. The Bertz CT molecular complexity index is 645. The molecule has 0 aliphatic rings. The van der Waals surface area contributed by atoms with Crippen LogP contribution in [-0.2, 0) is 10.1 Å². The van der Waals surface area contributed by atoms with Gasteiger partial charge < -0.3 is 4.18 Å². The zero-order chi connectivity index (χ0) is 11.9. The summed E-state index contributed by atoms with van der Waals surface area (Å²) in [6.45, 7) is 3.72. The van der Waals surface area contributed by atoms with E-state index in [0.717, 1.165) is 17.6 Å². The van der Waals surface area contributed by atoms with Crippen LogP contribution in [0.3, 0.4) is 0 Å². The first-order valence-electron chi connectivity index (χ1n) is 4.59. The van der Waals surface area contributed by atoms with E-state index in [2.05, 4.69) is 14.3 Å². The maximum Gasteiger partial charge on any atom is 0.307 e. The molecule has 0 fully saturated rings. The van der Waals surface area contributed by atoms with Crippen LogP contribution < -0.4 is 4.18 Å². The number of nitrogens with zero attached hydrogens (tertiary/aromatic N) is 3. The molecule has 2 rings (SSSR count). The van der Waals surface area contributed by atoms with E-state index in [-0.39, 0.29) is 5.88 Å². The molecule has 6 nitrogen and oxygen atoms in total. The van der Waals surface area contributed by atoms with Crippen LogP contribution in [0.25, 0.3) is 5.65 Å². The lowest BCUT2D eigenvalue weighted by atomic mass is 10.3. The highest BCUT2D eigenvalue weighted by atomic mass is 32.2. The molecule has 2 aromatic rings. The normalized spacial score (nSPS) is 11.9. The molecule has 0 unspecified atom stereocenters. The first kappa shape index (κ1) is 10.9. The quantitative estimate of drug-likeness (QED) is 0.723. The van der Waals surface area contributed by atoms with Crippen LogP contribution >= 0.6 is 0 Å². The summed E-state index contributed by atoms with van der Waals surface area (Å²) in [5.41, 5.74) is 2.28. The summed E-state index contributed by atoms with van der Waals surface area (Å²) in [5.74, 6) is 0.0312. The topological polar surface area (TPSA) is 73.6 Å². The summed E-state index contributed by atoms with van der Waals surface area (Å²) in [4.78, 5) is 4.21. The third kappa shape index (κ3) is 2.13. The number of aryl methyl sites for hydroxylation is 2. The molecule has 2 heterocycles. The second kappa shape index (κ2) is 3.44. The van der Waals surface area contributed by atoms with Crippen LogP contribution in [0.2, 0.25) is 0 Å². The van der Waals surface area contributed by atoms with Crippen LogP contribution in [0.1, 0.15) is 11.4 Å². The fraction of sp³-hybridized carbons (Fsp3) is 0.333. The first-order chi connectivity index (χ1) is 7.35. The third-order valence-electron chi connectivity index (χ3n) is 1.95. The Labute approximate surface area is 93.0 Å². The standard InChI is InChI=1S/C9H11N3O3S/c1-6-4-7(2)12-8(10-6)5-9(11-12)15-16(3,13)14/h4-5H,1-3H3. The number of hydrogen-bond acceptors (Lipinski definition) is 5. The van der Waals surface area contributed by atoms with Crippen LogP contribution in [0.5, 0.6) is 5.88 Å². The third-order valence-corrected chi connectivity index (χ3v) is 2.42. The Hall–Kier alpha value is -1.63. The SMILES string of the molecule is Cc1cc(C)n2nc(OS(C)(=O)=O)cc2n1. The van der Waals surface area contributed by atoms with Crippen molar-refractivity contribution in [1.29, 1.82) is 0 Å². The van der Waals surface area contributed by atoms with Gasteiger partial charge in [0.2, 0.25) is 0 Å². The predicted octanol–water partition coefficient (Wildman–Crippen LogP) is 0.685. The Balaban J connectivity index is 2.56. The fourth-order valence-electron chi connectivity index (χ4n) is 1.46. The largest absolute Gasteiger partial charge is 0.360 e. The molecular formula is C9H11N3O3S.